The lowest BCUT2D eigenvalue weighted by atomic mass is 9.89. The summed E-state index contributed by atoms with van der Waals surface area (Å²) in [4.78, 5) is 7.15. The van der Waals surface area contributed by atoms with E-state index in [1.165, 1.54) is 6.42 Å². The molecule has 0 saturated carbocycles. The molecule has 0 amide bonds. The van der Waals surface area contributed by atoms with Crippen LogP contribution in [0.3, 0.4) is 0 Å². The Kier molecular flexibility index (Phi) is 13.1. The number of nitrogens with one attached hydrogen (secondary N) is 2. The summed E-state index contributed by atoms with van der Waals surface area (Å²) in [7, 11) is 0. The zero-order valence-electron chi connectivity index (χ0n) is 17.0. The van der Waals surface area contributed by atoms with Gasteiger partial charge in [-0.2, -0.15) is 0 Å². The molecule has 1 heterocycles. The van der Waals surface area contributed by atoms with Crippen molar-refractivity contribution in [2.75, 3.05) is 32.7 Å². The Balaban J connectivity index is 0.00000576. The molecule has 1 saturated heterocycles. The van der Waals surface area contributed by atoms with E-state index in [0.717, 1.165) is 64.4 Å². The molecule has 6 heteroatoms. The molecule has 1 aliphatic heterocycles. The number of aliphatic hydroxyl groups excluding tert-OH is 1. The van der Waals surface area contributed by atoms with Crippen molar-refractivity contribution in [1.82, 2.24) is 15.5 Å². The van der Waals surface area contributed by atoms with Crippen molar-refractivity contribution in [3.8, 4) is 0 Å². The third-order valence-electron chi connectivity index (χ3n) is 4.51. The quantitative estimate of drug-likeness (QED) is 0.222. The molecule has 150 valence electrons. The van der Waals surface area contributed by atoms with Crippen LogP contribution in [0.2, 0.25) is 0 Å². The van der Waals surface area contributed by atoms with Gasteiger partial charge in [0.05, 0.1) is 6.10 Å². The molecule has 1 fully saturated rings. The van der Waals surface area contributed by atoms with E-state index in [0.29, 0.717) is 11.5 Å². The second kappa shape index (κ2) is 13.1. The predicted octanol–water partition coefficient (Wildman–Crippen LogP) is 3.22. The van der Waals surface area contributed by atoms with Crippen LogP contribution in [0.15, 0.2) is 4.99 Å². The number of aliphatic hydroxyl groups is 1. The molecule has 0 radical (unpaired) electrons. The van der Waals surface area contributed by atoms with Gasteiger partial charge in [0, 0.05) is 32.2 Å². The minimum atomic E-state index is -0.0848. The van der Waals surface area contributed by atoms with E-state index in [1.807, 2.05) is 0 Å². The lowest BCUT2D eigenvalue weighted by molar-refractivity contribution is 0.0824. The summed E-state index contributed by atoms with van der Waals surface area (Å²) in [5, 5.41) is 16.4. The van der Waals surface area contributed by atoms with Gasteiger partial charge in [0.15, 0.2) is 5.96 Å². The van der Waals surface area contributed by atoms with Gasteiger partial charge < -0.3 is 20.6 Å². The zero-order valence-corrected chi connectivity index (χ0v) is 19.3. The first kappa shape index (κ1) is 24.9. The van der Waals surface area contributed by atoms with Crippen LogP contribution in [0, 0.1) is 5.41 Å². The van der Waals surface area contributed by atoms with Crippen molar-refractivity contribution in [2.45, 2.75) is 78.9 Å². The van der Waals surface area contributed by atoms with Crippen molar-refractivity contribution < 1.29 is 5.11 Å². The van der Waals surface area contributed by atoms with Crippen molar-refractivity contribution in [1.29, 1.82) is 0 Å². The topological polar surface area (TPSA) is 59.9 Å². The van der Waals surface area contributed by atoms with Crippen molar-refractivity contribution >= 4 is 29.9 Å². The fourth-order valence-electron chi connectivity index (χ4n) is 2.90. The summed E-state index contributed by atoms with van der Waals surface area (Å²) in [6.07, 6.45) is 5.18. The maximum Gasteiger partial charge on any atom is 0.191 e. The van der Waals surface area contributed by atoms with Gasteiger partial charge in [-0.25, -0.2) is 0 Å². The van der Waals surface area contributed by atoms with Crippen molar-refractivity contribution in [3.05, 3.63) is 0 Å². The second-order valence-corrected chi connectivity index (χ2v) is 8.33. The highest BCUT2D eigenvalue weighted by atomic mass is 127. The van der Waals surface area contributed by atoms with Crippen molar-refractivity contribution in [2.24, 2.45) is 10.4 Å². The molecule has 5 nitrogen and oxygen atoms in total. The Labute approximate surface area is 172 Å². The van der Waals surface area contributed by atoms with E-state index in [1.54, 1.807) is 0 Å². The number of hydrogen-bond donors (Lipinski definition) is 3. The fourth-order valence-corrected chi connectivity index (χ4v) is 2.90. The lowest BCUT2D eigenvalue weighted by Crippen LogP contribution is -2.42. The molecule has 1 aliphatic rings. The number of likely N-dealkylation sites (tertiary alicyclic amines) is 1. The van der Waals surface area contributed by atoms with Gasteiger partial charge in [0.1, 0.15) is 0 Å². The smallest absolute Gasteiger partial charge is 0.191 e. The van der Waals surface area contributed by atoms with Crippen molar-refractivity contribution in [3.63, 3.8) is 0 Å². The minimum absolute atomic E-state index is 0. The number of halogens is 1. The third-order valence-corrected chi connectivity index (χ3v) is 4.51. The molecule has 3 N–H and O–H groups in total. The van der Waals surface area contributed by atoms with Crippen LogP contribution in [0.1, 0.15) is 66.7 Å². The van der Waals surface area contributed by atoms with Crippen LogP contribution in [0.5, 0.6) is 0 Å². The predicted molar refractivity (Wildman–Crippen MR) is 119 cm³/mol. The average molecular weight is 468 g/mol. The zero-order chi connectivity index (χ0) is 18.0. The van der Waals surface area contributed by atoms with E-state index in [-0.39, 0.29) is 30.1 Å². The molecule has 1 unspecified atom stereocenters. The first-order valence-corrected chi connectivity index (χ1v) is 9.75. The molecule has 25 heavy (non-hydrogen) atoms. The highest BCUT2D eigenvalue weighted by molar-refractivity contribution is 14.0. The Morgan fingerprint density at radius 1 is 1.28 bits per heavy atom. The molecule has 0 aliphatic carbocycles. The molecule has 1 atom stereocenters. The fraction of sp³-hybridized carbons (Fsp3) is 0.947. The summed E-state index contributed by atoms with van der Waals surface area (Å²) in [6.45, 7) is 16.1. The SMILES string of the molecule is CCNC(=NCCCN1CCC(O)CC1)NC(C)CCC(C)(C)C.I. The second-order valence-electron chi connectivity index (χ2n) is 8.33. The Morgan fingerprint density at radius 3 is 2.48 bits per heavy atom. The van der Waals surface area contributed by atoms with E-state index >= 15 is 0 Å². The molecule has 0 aromatic heterocycles. The van der Waals surface area contributed by atoms with Gasteiger partial charge in [0.25, 0.3) is 0 Å². The largest absolute Gasteiger partial charge is 0.393 e. The van der Waals surface area contributed by atoms with Gasteiger partial charge >= 0.3 is 0 Å². The number of aliphatic imine (C=N–C) groups is 1. The van der Waals surface area contributed by atoms with Crippen LogP contribution >= 0.6 is 24.0 Å². The third kappa shape index (κ3) is 12.8. The van der Waals surface area contributed by atoms with Gasteiger partial charge in [0.2, 0.25) is 0 Å². The van der Waals surface area contributed by atoms with Gasteiger partial charge in [-0.15, -0.1) is 24.0 Å². The van der Waals surface area contributed by atoms with Gasteiger partial charge in [-0.1, -0.05) is 20.8 Å². The maximum atomic E-state index is 9.54. The minimum Gasteiger partial charge on any atom is -0.393 e. The standard InChI is InChI=1S/C19H40N4O.HI/c1-6-20-18(22-16(2)8-11-19(3,4)5)21-12-7-13-23-14-9-17(24)10-15-23;/h16-17,24H,6-15H2,1-5H3,(H2,20,21,22);1H. The number of guanidine groups is 1. The van der Waals surface area contributed by atoms with Crippen LogP contribution in [-0.4, -0.2) is 60.8 Å². The van der Waals surface area contributed by atoms with Crippen LogP contribution in [-0.2, 0) is 0 Å². The van der Waals surface area contributed by atoms with E-state index in [2.05, 4.69) is 50.2 Å². The summed E-state index contributed by atoms with van der Waals surface area (Å²) in [5.41, 5.74) is 0.382. The molecule has 0 bridgehead atoms. The summed E-state index contributed by atoms with van der Waals surface area (Å²) >= 11 is 0. The number of rotatable bonds is 8. The normalized spacial score (nSPS) is 18.6. The van der Waals surface area contributed by atoms with Crippen LogP contribution in [0.4, 0.5) is 0 Å². The lowest BCUT2D eigenvalue weighted by Gasteiger charge is -2.29. The molecular weight excluding hydrogens is 427 g/mol. The highest BCUT2D eigenvalue weighted by Gasteiger charge is 2.16. The Morgan fingerprint density at radius 2 is 1.92 bits per heavy atom. The Hall–Kier alpha value is -0.0800. The number of nitrogens with zero attached hydrogens (tertiary/aromatic N) is 2. The molecule has 0 spiro atoms. The maximum absolute atomic E-state index is 9.54. The number of hydrogen-bond acceptors (Lipinski definition) is 3. The van der Waals surface area contributed by atoms with E-state index < -0.39 is 0 Å². The van der Waals surface area contributed by atoms with E-state index in [4.69, 9.17) is 4.99 Å². The Bertz CT molecular complexity index is 363. The summed E-state index contributed by atoms with van der Waals surface area (Å²) < 4.78 is 0. The summed E-state index contributed by atoms with van der Waals surface area (Å²) in [6, 6.07) is 0.436. The molecular formula is C19H41IN4O. The number of piperidine rings is 1. The van der Waals surface area contributed by atoms with E-state index in [9.17, 15) is 5.11 Å². The molecule has 1 rings (SSSR count). The van der Waals surface area contributed by atoms with Crippen LogP contribution in [0.25, 0.3) is 0 Å². The average Bonchev–Trinajstić information content (AvgIpc) is 2.51. The van der Waals surface area contributed by atoms with Gasteiger partial charge in [-0.3, -0.25) is 4.99 Å². The first-order valence-electron chi connectivity index (χ1n) is 9.75. The highest BCUT2D eigenvalue weighted by Crippen LogP contribution is 2.21. The monoisotopic (exact) mass is 468 g/mol. The molecule has 0 aromatic rings. The van der Waals surface area contributed by atoms with Gasteiger partial charge in [-0.05, 0) is 57.9 Å². The first-order chi connectivity index (χ1) is 11.3. The molecule has 0 aromatic carbocycles. The summed E-state index contributed by atoms with van der Waals surface area (Å²) in [5.74, 6) is 0.938. The van der Waals surface area contributed by atoms with Crippen LogP contribution < -0.4 is 10.6 Å².